The van der Waals surface area contributed by atoms with Crippen molar-refractivity contribution in [1.29, 1.82) is 0 Å². The Labute approximate surface area is 150 Å². The van der Waals surface area contributed by atoms with Gasteiger partial charge < -0.3 is 10.2 Å². The van der Waals surface area contributed by atoms with E-state index in [1.54, 1.807) is 29.2 Å². The Bertz CT molecular complexity index is 680. The van der Waals surface area contributed by atoms with E-state index in [2.05, 4.69) is 10.0 Å². The number of amides is 1. The molecular formula is C18H27N3O3S. The van der Waals surface area contributed by atoms with Gasteiger partial charge in [0.25, 0.3) is 0 Å². The number of carbonyl (C=O) groups excluding carboxylic acids is 1. The molecule has 1 aromatic rings. The van der Waals surface area contributed by atoms with Crippen LogP contribution in [0.4, 0.5) is 5.69 Å². The highest BCUT2D eigenvalue weighted by molar-refractivity contribution is 7.89. The fraction of sp³-hybridized carbons (Fsp3) is 0.611. The Morgan fingerprint density at radius 3 is 2.28 bits per heavy atom. The van der Waals surface area contributed by atoms with Gasteiger partial charge in [-0.05, 0) is 37.1 Å². The van der Waals surface area contributed by atoms with Crippen molar-refractivity contribution in [3.05, 3.63) is 24.3 Å². The topological polar surface area (TPSA) is 78.5 Å². The summed E-state index contributed by atoms with van der Waals surface area (Å²) >= 11 is 0. The summed E-state index contributed by atoms with van der Waals surface area (Å²) in [6.45, 7) is 1.67. The van der Waals surface area contributed by atoms with Crippen LogP contribution in [0.3, 0.4) is 0 Å². The van der Waals surface area contributed by atoms with Crippen LogP contribution in [-0.4, -0.2) is 40.0 Å². The minimum Gasteiger partial charge on any atom is -0.310 e. The van der Waals surface area contributed by atoms with Gasteiger partial charge in [-0.1, -0.05) is 32.1 Å². The Morgan fingerprint density at radius 2 is 1.64 bits per heavy atom. The maximum Gasteiger partial charge on any atom is 0.240 e. The van der Waals surface area contributed by atoms with Crippen LogP contribution in [0.1, 0.15) is 44.9 Å². The predicted octanol–water partition coefficient (Wildman–Crippen LogP) is 2.01. The molecule has 1 amide bonds. The largest absolute Gasteiger partial charge is 0.310 e. The van der Waals surface area contributed by atoms with Crippen molar-refractivity contribution in [3.8, 4) is 0 Å². The van der Waals surface area contributed by atoms with E-state index < -0.39 is 10.0 Å². The molecular weight excluding hydrogens is 338 g/mol. The number of nitrogens with one attached hydrogen (secondary N) is 2. The molecule has 6 nitrogen and oxygen atoms in total. The first-order chi connectivity index (χ1) is 12.1. The molecule has 0 aromatic heterocycles. The van der Waals surface area contributed by atoms with E-state index in [0.29, 0.717) is 13.1 Å². The van der Waals surface area contributed by atoms with Gasteiger partial charge in [-0.25, -0.2) is 13.1 Å². The van der Waals surface area contributed by atoms with Gasteiger partial charge in [-0.15, -0.1) is 0 Å². The first-order valence-corrected chi connectivity index (χ1v) is 10.7. The average molecular weight is 365 g/mol. The zero-order chi connectivity index (χ0) is 17.7. The van der Waals surface area contributed by atoms with Gasteiger partial charge in [0.2, 0.25) is 15.9 Å². The van der Waals surface area contributed by atoms with Gasteiger partial charge in [0.1, 0.15) is 0 Å². The first kappa shape index (κ1) is 18.4. The quantitative estimate of drug-likeness (QED) is 0.856. The van der Waals surface area contributed by atoms with Gasteiger partial charge in [-0.3, -0.25) is 4.79 Å². The summed E-state index contributed by atoms with van der Waals surface area (Å²) < 4.78 is 28.2. The Balaban J connectivity index is 1.68. The summed E-state index contributed by atoms with van der Waals surface area (Å²) in [5.41, 5.74) is 0.747. The zero-order valence-electron chi connectivity index (χ0n) is 14.5. The maximum atomic E-state index is 12.6. The lowest BCUT2D eigenvalue weighted by atomic mass is 9.97. The second-order valence-corrected chi connectivity index (χ2v) is 8.59. The van der Waals surface area contributed by atoms with Gasteiger partial charge in [-0.2, -0.15) is 0 Å². The van der Waals surface area contributed by atoms with Gasteiger partial charge >= 0.3 is 0 Å². The van der Waals surface area contributed by atoms with Crippen LogP contribution in [0, 0.1) is 0 Å². The highest BCUT2D eigenvalue weighted by Crippen LogP contribution is 2.22. The van der Waals surface area contributed by atoms with E-state index >= 15 is 0 Å². The van der Waals surface area contributed by atoms with Gasteiger partial charge in [0.05, 0.1) is 11.4 Å². The van der Waals surface area contributed by atoms with Gasteiger partial charge in [0.15, 0.2) is 0 Å². The van der Waals surface area contributed by atoms with Gasteiger partial charge in [0, 0.05) is 24.8 Å². The van der Waals surface area contributed by atoms with Crippen molar-refractivity contribution >= 4 is 21.6 Å². The normalized spacial score (nSPS) is 21.0. The molecule has 1 saturated carbocycles. The molecule has 25 heavy (non-hydrogen) atoms. The molecule has 0 spiro atoms. The van der Waals surface area contributed by atoms with E-state index in [4.69, 9.17) is 0 Å². The second kappa shape index (κ2) is 8.29. The van der Waals surface area contributed by atoms with Crippen molar-refractivity contribution in [2.45, 2.75) is 55.9 Å². The number of piperazine rings is 1. The van der Waals surface area contributed by atoms with Crippen molar-refractivity contribution in [1.82, 2.24) is 10.0 Å². The molecule has 2 aliphatic rings. The number of rotatable bonds is 4. The number of carbonyl (C=O) groups is 1. The average Bonchev–Trinajstić information content (AvgIpc) is 2.58. The third-order valence-corrected chi connectivity index (χ3v) is 6.51. The molecule has 1 aromatic carbocycles. The van der Waals surface area contributed by atoms with Crippen LogP contribution in [0.5, 0.6) is 0 Å². The van der Waals surface area contributed by atoms with Crippen molar-refractivity contribution in [2.75, 3.05) is 24.5 Å². The molecule has 1 aliphatic heterocycles. The number of nitrogens with zero attached hydrogens (tertiary/aromatic N) is 1. The monoisotopic (exact) mass is 365 g/mol. The number of hydrogen-bond donors (Lipinski definition) is 2. The Hall–Kier alpha value is -1.44. The lowest BCUT2D eigenvalue weighted by molar-refractivity contribution is -0.118. The van der Waals surface area contributed by atoms with Crippen LogP contribution in [0.15, 0.2) is 29.2 Å². The maximum absolute atomic E-state index is 12.6. The van der Waals surface area contributed by atoms with Crippen LogP contribution in [-0.2, 0) is 14.8 Å². The van der Waals surface area contributed by atoms with E-state index in [-0.39, 0.29) is 16.8 Å². The lowest BCUT2D eigenvalue weighted by Crippen LogP contribution is -2.48. The lowest BCUT2D eigenvalue weighted by Gasteiger charge is -2.27. The molecule has 0 atom stereocenters. The summed E-state index contributed by atoms with van der Waals surface area (Å²) in [5, 5.41) is 3.03. The molecule has 1 saturated heterocycles. The van der Waals surface area contributed by atoms with E-state index in [9.17, 15) is 13.2 Å². The molecule has 2 fully saturated rings. The Morgan fingerprint density at radius 1 is 1.00 bits per heavy atom. The van der Waals surface area contributed by atoms with E-state index in [0.717, 1.165) is 37.9 Å². The van der Waals surface area contributed by atoms with Crippen molar-refractivity contribution in [2.24, 2.45) is 0 Å². The minimum atomic E-state index is -3.51. The summed E-state index contributed by atoms with van der Waals surface area (Å²) in [7, 11) is -3.51. The number of sulfonamides is 1. The third kappa shape index (κ3) is 4.80. The number of anilines is 1. The number of benzene rings is 1. The third-order valence-electron chi connectivity index (χ3n) is 4.98. The molecule has 138 valence electrons. The van der Waals surface area contributed by atoms with Crippen molar-refractivity contribution in [3.63, 3.8) is 0 Å². The van der Waals surface area contributed by atoms with E-state index in [1.807, 2.05) is 0 Å². The smallest absolute Gasteiger partial charge is 0.240 e. The van der Waals surface area contributed by atoms with Crippen LogP contribution < -0.4 is 14.9 Å². The van der Waals surface area contributed by atoms with Crippen LogP contribution >= 0.6 is 0 Å². The summed E-state index contributed by atoms with van der Waals surface area (Å²) in [4.78, 5) is 13.9. The second-order valence-electron chi connectivity index (χ2n) is 6.88. The van der Waals surface area contributed by atoms with Crippen molar-refractivity contribution < 1.29 is 13.2 Å². The predicted molar refractivity (Wildman–Crippen MR) is 98.1 cm³/mol. The summed E-state index contributed by atoms with van der Waals surface area (Å²) in [6.07, 6.45) is 7.61. The van der Waals surface area contributed by atoms with Crippen LogP contribution in [0.2, 0.25) is 0 Å². The molecule has 1 heterocycles. The molecule has 3 rings (SSSR count). The fourth-order valence-electron chi connectivity index (χ4n) is 3.55. The standard InChI is InChI=1S/C18H27N3O3S/c22-18-14-19-12-13-21(18)16-8-10-17(11-9-16)25(23,24)20-15-6-4-2-1-3-5-7-15/h8-11,15,19-20H,1-7,12-14H2. The highest BCUT2D eigenvalue weighted by atomic mass is 32.2. The SMILES string of the molecule is O=C1CNCCN1c1ccc(S(=O)(=O)NC2CCCCCCC2)cc1. The van der Waals surface area contributed by atoms with Crippen LogP contribution in [0.25, 0.3) is 0 Å². The molecule has 0 unspecified atom stereocenters. The minimum absolute atomic E-state index is 0.00880. The number of hydrogen-bond acceptors (Lipinski definition) is 4. The Kier molecular flexibility index (Phi) is 6.09. The highest BCUT2D eigenvalue weighted by Gasteiger charge is 2.22. The molecule has 1 aliphatic carbocycles. The molecule has 0 radical (unpaired) electrons. The molecule has 2 N–H and O–H groups in total. The summed E-state index contributed by atoms with van der Waals surface area (Å²) in [6, 6.07) is 6.65. The summed E-state index contributed by atoms with van der Waals surface area (Å²) in [5.74, 6) is 0.00880. The first-order valence-electron chi connectivity index (χ1n) is 9.20. The molecule has 7 heteroatoms. The van der Waals surface area contributed by atoms with E-state index in [1.165, 1.54) is 19.3 Å². The molecule has 0 bridgehead atoms. The fourth-order valence-corrected chi connectivity index (χ4v) is 4.85. The zero-order valence-corrected chi connectivity index (χ0v) is 15.4.